The molecule has 1 fully saturated rings. The molecule has 2 heterocycles. The first kappa shape index (κ1) is 18.7. The number of fused-ring (bicyclic) bond motifs is 2. The largest absolute Gasteiger partial charge is 0.341 e. The van der Waals surface area contributed by atoms with Crippen molar-refractivity contribution in [2.45, 2.75) is 58.4 Å². The highest BCUT2D eigenvalue weighted by Crippen LogP contribution is 2.40. The van der Waals surface area contributed by atoms with Crippen LogP contribution in [0.4, 0.5) is 5.69 Å². The fourth-order valence-corrected chi connectivity index (χ4v) is 4.63. The summed E-state index contributed by atoms with van der Waals surface area (Å²) < 4.78 is 2.56. The molecule has 2 aliphatic rings. The lowest BCUT2D eigenvalue weighted by atomic mass is 9.80. The van der Waals surface area contributed by atoms with E-state index in [0.717, 1.165) is 23.5 Å². The summed E-state index contributed by atoms with van der Waals surface area (Å²) in [6.07, 6.45) is 8.33. The number of nitrogens with zero attached hydrogens (tertiary/aromatic N) is 3. The fourth-order valence-electron chi connectivity index (χ4n) is 4.63. The Hall–Kier alpha value is -2.62. The molecular formula is C24H30N4. The quantitative estimate of drug-likeness (QED) is 0.697. The molecule has 1 aliphatic carbocycles. The second-order valence-corrected chi connectivity index (χ2v) is 8.29. The van der Waals surface area contributed by atoms with Crippen LogP contribution in [0.15, 0.2) is 52.7 Å². The van der Waals surface area contributed by atoms with Crippen molar-refractivity contribution >= 4 is 17.6 Å². The monoisotopic (exact) mass is 374 g/mol. The summed E-state index contributed by atoms with van der Waals surface area (Å²) in [7, 11) is 0. The number of nitrogens with one attached hydrogen (secondary N) is 1. The van der Waals surface area contributed by atoms with Gasteiger partial charge in [-0.05, 0) is 51.8 Å². The molecular weight excluding hydrogens is 344 g/mol. The second kappa shape index (κ2) is 7.42. The fraction of sp³-hybridized carbons (Fsp3) is 0.417. The van der Waals surface area contributed by atoms with Gasteiger partial charge in [0.15, 0.2) is 0 Å². The van der Waals surface area contributed by atoms with Crippen LogP contribution in [0.5, 0.6) is 0 Å². The summed E-state index contributed by atoms with van der Waals surface area (Å²) in [5, 5.41) is 3.26. The molecule has 2 aromatic rings. The molecule has 0 bridgehead atoms. The third kappa shape index (κ3) is 3.44. The average molecular weight is 375 g/mol. The van der Waals surface area contributed by atoms with Crippen molar-refractivity contribution in [3.8, 4) is 0 Å². The lowest BCUT2D eigenvalue weighted by molar-refractivity contribution is 0.195. The minimum atomic E-state index is 0.167. The van der Waals surface area contributed by atoms with Gasteiger partial charge in [-0.25, -0.2) is 4.99 Å². The van der Waals surface area contributed by atoms with Crippen molar-refractivity contribution < 1.29 is 0 Å². The third-order valence-corrected chi connectivity index (χ3v) is 6.23. The zero-order chi connectivity index (χ0) is 19.7. The van der Waals surface area contributed by atoms with Crippen LogP contribution < -0.4 is 5.32 Å². The Kier molecular flexibility index (Phi) is 4.96. The molecule has 28 heavy (non-hydrogen) atoms. The Balaban J connectivity index is 1.58. The van der Waals surface area contributed by atoms with Crippen LogP contribution in [-0.4, -0.2) is 23.0 Å². The van der Waals surface area contributed by atoms with Gasteiger partial charge in [0.2, 0.25) is 0 Å². The van der Waals surface area contributed by atoms with Crippen molar-refractivity contribution in [1.29, 1.82) is 0 Å². The van der Waals surface area contributed by atoms with Gasteiger partial charge in [-0.2, -0.15) is 0 Å². The number of hydrogen-bond donors (Lipinski definition) is 1. The van der Waals surface area contributed by atoms with E-state index in [1.165, 1.54) is 49.1 Å². The van der Waals surface area contributed by atoms with Crippen LogP contribution in [0.3, 0.4) is 0 Å². The van der Waals surface area contributed by atoms with Gasteiger partial charge in [-0.15, -0.1) is 0 Å². The Morgan fingerprint density at radius 1 is 1.14 bits per heavy atom. The smallest absolute Gasteiger partial charge is 0.123 e. The number of aliphatic imine (C=N–C) groups is 2. The van der Waals surface area contributed by atoms with Crippen molar-refractivity contribution in [1.82, 2.24) is 4.57 Å². The first-order valence-electron chi connectivity index (χ1n) is 10.3. The van der Waals surface area contributed by atoms with Crippen molar-refractivity contribution in [3.05, 3.63) is 65.2 Å². The summed E-state index contributed by atoms with van der Waals surface area (Å²) in [5.74, 6) is 0.644. The zero-order valence-corrected chi connectivity index (χ0v) is 17.3. The van der Waals surface area contributed by atoms with Crippen LogP contribution in [0.2, 0.25) is 0 Å². The molecule has 4 rings (SSSR count). The number of aryl methyl sites for hydroxylation is 1. The van der Waals surface area contributed by atoms with E-state index < -0.39 is 0 Å². The summed E-state index contributed by atoms with van der Waals surface area (Å²) in [4.78, 5) is 9.47. The number of rotatable bonds is 4. The van der Waals surface area contributed by atoms with Crippen LogP contribution in [0.25, 0.3) is 0 Å². The summed E-state index contributed by atoms with van der Waals surface area (Å²) in [6, 6.07) is 10.5. The molecule has 4 nitrogen and oxygen atoms in total. The van der Waals surface area contributed by atoms with E-state index in [1.807, 2.05) is 18.3 Å². The van der Waals surface area contributed by atoms with E-state index in [2.05, 4.69) is 60.4 Å². The molecule has 1 saturated carbocycles. The van der Waals surface area contributed by atoms with Gasteiger partial charge in [-0.1, -0.05) is 43.5 Å². The van der Waals surface area contributed by atoms with Crippen LogP contribution >= 0.6 is 0 Å². The number of hydrogen-bond acceptors (Lipinski definition) is 3. The highest BCUT2D eigenvalue weighted by Gasteiger charge is 2.39. The Morgan fingerprint density at radius 2 is 1.86 bits per heavy atom. The topological polar surface area (TPSA) is 41.7 Å². The highest BCUT2D eigenvalue weighted by molar-refractivity contribution is 6.00. The molecule has 0 atom stereocenters. The Bertz CT molecular complexity index is 938. The third-order valence-electron chi connectivity index (χ3n) is 6.23. The maximum absolute atomic E-state index is 4.88. The van der Waals surface area contributed by atoms with E-state index in [4.69, 9.17) is 4.99 Å². The molecule has 146 valence electrons. The molecule has 0 amide bonds. The molecule has 0 saturated heterocycles. The van der Waals surface area contributed by atoms with Crippen molar-refractivity contribution in [3.63, 3.8) is 0 Å². The molecule has 1 N–H and O–H groups in total. The summed E-state index contributed by atoms with van der Waals surface area (Å²) in [6.45, 7) is 11.4. The van der Waals surface area contributed by atoms with E-state index in [1.54, 1.807) is 0 Å². The molecule has 0 unspecified atom stereocenters. The lowest BCUT2D eigenvalue weighted by Crippen LogP contribution is -2.43. The predicted octanol–water partition coefficient (Wildman–Crippen LogP) is 5.59. The average Bonchev–Trinajstić information content (AvgIpc) is 3.04. The molecule has 0 radical (unpaired) electrons. The van der Waals surface area contributed by atoms with E-state index in [9.17, 15) is 0 Å². The van der Waals surface area contributed by atoms with E-state index in [0.29, 0.717) is 5.82 Å². The molecule has 1 spiro atoms. The maximum atomic E-state index is 4.88. The first-order valence-corrected chi connectivity index (χ1v) is 10.3. The summed E-state index contributed by atoms with van der Waals surface area (Å²) >= 11 is 0. The number of anilines is 1. The van der Waals surface area contributed by atoms with Gasteiger partial charge in [0.05, 0.1) is 23.5 Å². The normalized spacial score (nSPS) is 18.2. The standard InChI is InChI=1S/C24H30N4/c1-17-8-10-22(11-9-17)27-20(4)25-15-21-14-23-18(2)26-16-24(28(23)19(21)3)12-6-5-7-13-24/h8-11,14-15,27H,4-7,12-13,16H2,1-3H3. The molecule has 1 aromatic carbocycles. The van der Waals surface area contributed by atoms with Gasteiger partial charge in [0, 0.05) is 23.2 Å². The number of benzene rings is 1. The van der Waals surface area contributed by atoms with Crippen molar-refractivity contribution in [2.24, 2.45) is 9.98 Å². The van der Waals surface area contributed by atoms with E-state index >= 15 is 0 Å². The predicted molar refractivity (Wildman–Crippen MR) is 119 cm³/mol. The van der Waals surface area contributed by atoms with E-state index in [-0.39, 0.29) is 5.54 Å². The highest BCUT2D eigenvalue weighted by atomic mass is 15.1. The van der Waals surface area contributed by atoms with Gasteiger partial charge in [0.1, 0.15) is 5.82 Å². The SMILES string of the molecule is C=C(N=Cc1cc2n(c1C)C1(CCCCC1)CN=C2C)Nc1ccc(C)cc1. The lowest BCUT2D eigenvalue weighted by Gasteiger charge is -2.42. The molecule has 1 aromatic heterocycles. The number of aromatic nitrogens is 1. The minimum absolute atomic E-state index is 0.167. The zero-order valence-electron chi connectivity index (χ0n) is 17.3. The van der Waals surface area contributed by atoms with Crippen molar-refractivity contribution in [2.75, 3.05) is 11.9 Å². The molecule has 4 heteroatoms. The molecule has 1 aliphatic heterocycles. The maximum Gasteiger partial charge on any atom is 0.123 e. The van der Waals surface area contributed by atoms with Gasteiger partial charge < -0.3 is 9.88 Å². The Labute approximate surface area is 168 Å². The second-order valence-electron chi connectivity index (χ2n) is 8.29. The first-order chi connectivity index (χ1) is 13.5. The van der Waals surface area contributed by atoms with Crippen LogP contribution in [-0.2, 0) is 5.54 Å². The van der Waals surface area contributed by atoms with Crippen LogP contribution in [0, 0.1) is 13.8 Å². The van der Waals surface area contributed by atoms with Crippen LogP contribution in [0.1, 0.15) is 61.5 Å². The van der Waals surface area contributed by atoms with Gasteiger partial charge >= 0.3 is 0 Å². The summed E-state index contributed by atoms with van der Waals surface area (Å²) in [5.41, 5.74) is 7.25. The minimum Gasteiger partial charge on any atom is -0.341 e. The Morgan fingerprint density at radius 3 is 2.57 bits per heavy atom. The van der Waals surface area contributed by atoms with Gasteiger partial charge in [-0.3, -0.25) is 4.99 Å². The van der Waals surface area contributed by atoms with Gasteiger partial charge in [0.25, 0.3) is 0 Å².